The van der Waals surface area contributed by atoms with E-state index in [0.717, 1.165) is 57.8 Å². The Bertz CT molecular complexity index is 703. The molecule has 1 atom stereocenters. The van der Waals surface area contributed by atoms with Crippen molar-refractivity contribution < 1.29 is 13.2 Å². The third-order valence-electron chi connectivity index (χ3n) is 5.45. The molecule has 154 valence electrons. The molecule has 0 N–H and O–H groups in total. The van der Waals surface area contributed by atoms with Crippen molar-refractivity contribution in [2.75, 3.05) is 45.1 Å². The van der Waals surface area contributed by atoms with Crippen LogP contribution in [0.25, 0.3) is 0 Å². The van der Waals surface area contributed by atoms with Gasteiger partial charge in [0, 0.05) is 45.9 Å². The van der Waals surface area contributed by atoms with Crippen LogP contribution in [0.3, 0.4) is 0 Å². The molecule has 7 nitrogen and oxygen atoms in total. The SMILES string of the molecule is CCN1CCN(Cc2cnc(S(=O)(=O)C[C@@H]3CCCO3)n2CC(C)C)CC1. The third kappa shape index (κ3) is 5.31. The fraction of sp³-hybridized carbons (Fsp3) is 0.842. The Balaban J connectivity index is 1.76. The van der Waals surface area contributed by atoms with Gasteiger partial charge in [-0.05, 0) is 25.3 Å². The minimum Gasteiger partial charge on any atom is -0.377 e. The zero-order chi connectivity index (χ0) is 19.4. The molecule has 8 heteroatoms. The summed E-state index contributed by atoms with van der Waals surface area (Å²) in [5.74, 6) is 0.392. The van der Waals surface area contributed by atoms with E-state index in [0.29, 0.717) is 19.1 Å². The maximum atomic E-state index is 13.0. The molecule has 0 spiro atoms. The first kappa shape index (κ1) is 20.8. The van der Waals surface area contributed by atoms with Crippen molar-refractivity contribution in [3.63, 3.8) is 0 Å². The van der Waals surface area contributed by atoms with E-state index >= 15 is 0 Å². The lowest BCUT2D eigenvalue weighted by Crippen LogP contribution is -2.45. The summed E-state index contributed by atoms with van der Waals surface area (Å²) in [7, 11) is -3.45. The molecule has 2 saturated heterocycles. The number of hydrogen-bond donors (Lipinski definition) is 0. The Morgan fingerprint density at radius 3 is 2.52 bits per heavy atom. The van der Waals surface area contributed by atoms with Crippen LogP contribution in [-0.4, -0.2) is 79.0 Å². The van der Waals surface area contributed by atoms with E-state index in [4.69, 9.17) is 4.74 Å². The molecule has 0 bridgehead atoms. The minimum absolute atomic E-state index is 0.0384. The lowest BCUT2D eigenvalue weighted by molar-refractivity contribution is 0.127. The molecule has 3 heterocycles. The van der Waals surface area contributed by atoms with E-state index in [9.17, 15) is 8.42 Å². The highest BCUT2D eigenvalue weighted by atomic mass is 32.2. The average molecular weight is 399 g/mol. The maximum absolute atomic E-state index is 13.0. The highest BCUT2D eigenvalue weighted by molar-refractivity contribution is 7.91. The zero-order valence-electron chi connectivity index (χ0n) is 16.9. The lowest BCUT2D eigenvalue weighted by atomic mass is 10.2. The normalized spacial score (nSPS) is 22.7. The highest BCUT2D eigenvalue weighted by Gasteiger charge is 2.30. The first-order valence-electron chi connectivity index (χ1n) is 10.2. The Kier molecular flexibility index (Phi) is 6.94. The number of nitrogens with zero attached hydrogens (tertiary/aromatic N) is 4. The number of hydrogen-bond acceptors (Lipinski definition) is 6. The molecule has 2 aliphatic heterocycles. The second kappa shape index (κ2) is 9.03. The molecule has 0 saturated carbocycles. The van der Waals surface area contributed by atoms with Crippen LogP contribution in [0.5, 0.6) is 0 Å². The summed E-state index contributed by atoms with van der Waals surface area (Å²) in [4.78, 5) is 9.21. The monoisotopic (exact) mass is 398 g/mol. The van der Waals surface area contributed by atoms with Crippen LogP contribution in [0.15, 0.2) is 11.4 Å². The summed E-state index contributed by atoms with van der Waals surface area (Å²) in [6.07, 6.45) is 3.33. The number of imidazole rings is 1. The van der Waals surface area contributed by atoms with Gasteiger partial charge < -0.3 is 14.2 Å². The second-order valence-electron chi connectivity index (χ2n) is 8.16. The number of rotatable bonds is 8. The van der Waals surface area contributed by atoms with Crippen LogP contribution in [-0.2, 0) is 27.7 Å². The van der Waals surface area contributed by atoms with Gasteiger partial charge in [-0.3, -0.25) is 4.90 Å². The molecule has 0 amide bonds. The van der Waals surface area contributed by atoms with Gasteiger partial charge >= 0.3 is 0 Å². The van der Waals surface area contributed by atoms with Crippen LogP contribution in [0.4, 0.5) is 0 Å². The predicted octanol–water partition coefficient (Wildman–Crippen LogP) is 1.63. The lowest BCUT2D eigenvalue weighted by Gasteiger charge is -2.34. The average Bonchev–Trinajstić information content (AvgIpc) is 3.25. The largest absolute Gasteiger partial charge is 0.377 e. The van der Waals surface area contributed by atoms with E-state index in [1.807, 2.05) is 4.57 Å². The molecule has 27 heavy (non-hydrogen) atoms. The molecular weight excluding hydrogens is 364 g/mol. The number of aromatic nitrogens is 2. The van der Waals surface area contributed by atoms with Gasteiger partial charge in [0.15, 0.2) is 0 Å². The first-order valence-corrected chi connectivity index (χ1v) is 11.9. The summed E-state index contributed by atoms with van der Waals surface area (Å²) < 4.78 is 33.5. The summed E-state index contributed by atoms with van der Waals surface area (Å²) in [6, 6.07) is 0. The molecule has 2 aliphatic rings. The summed E-state index contributed by atoms with van der Waals surface area (Å²) >= 11 is 0. The van der Waals surface area contributed by atoms with E-state index in [1.54, 1.807) is 6.20 Å². The zero-order valence-corrected chi connectivity index (χ0v) is 17.7. The van der Waals surface area contributed by atoms with Crippen LogP contribution in [0.1, 0.15) is 39.3 Å². The smallest absolute Gasteiger partial charge is 0.227 e. The summed E-state index contributed by atoms with van der Waals surface area (Å²) in [6.45, 7) is 13.8. The van der Waals surface area contributed by atoms with Gasteiger partial charge in [0.25, 0.3) is 0 Å². The van der Waals surface area contributed by atoms with Gasteiger partial charge in [-0.25, -0.2) is 13.4 Å². The van der Waals surface area contributed by atoms with Crippen molar-refractivity contribution >= 4 is 9.84 Å². The Morgan fingerprint density at radius 1 is 1.22 bits per heavy atom. The molecular formula is C19H34N4O3S. The molecule has 0 radical (unpaired) electrons. The summed E-state index contributed by atoms with van der Waals surface area (Å²) in [5.41, 5.74) is 1.000. The molecule has 3 rings (SSSR count). The maximum Gasteiger partial charge on any atom is 0.227 e. The minimum atomic E-state index is -3.45. The molecule has 1 aromatic heterocycles. The van der Waals surface area contributed by atoms with Crippen LogP contribution >= 0.6 is 0 Å². The Labute approximate surface area is 163 Å². The van der Waals surface area contributed by atoms with Crippen LogP contribution in [0, 0.1) is 5.92 Å². The molecule has 0 aromatic carbocycles. The van der Waals surface area contributed by atoms with Crippen molar-refractivity contribution in [1.82, 2.24) is 19.4 Å². The van der Waals surface area contributed by atoms with Crippen molar-refractivity contribution in [3.8, 4) is 0 Å². The third-order valence-corrected chi connectivity index (χ3v) is 7.15. The molecule has 2 fully saturated rings. The predicted molar refractivity (Wildman–Crippen MR) is 105 cm³/mol. The highest BCUT2D eigenvalue weighted by Crippen LogP contribution is 2.21. The fourth-order valence-corrected chi connectivity index (χ4v) is 5.56. The molecule has 0 aliphatic carbocycles. The summed E-state index contributed by atoms with van der Waals surface area (Å²) in [5, 5.41) is 0.217. The standard InChI is InChI=1S/C19H34N4O3S/c1-4-21-7-9-22(10-8-21)14-17-12-20-19(23(17)13-16(2)3)27(24,25)15-18-6-5-11-26-18/h12,16,18H,4-11,13-15H2,1-3H3/t18-/m0/s1. The second-order valence-corrected chi connectivity index (χ2v) is 10.1. The molecule has 0 unspecified atom stereocenters. The van der Waals surface area contributed by atoms with Crippen molar-refractivity contribution in [2.24, 2.45) is 5.92 Å². The van der Waals surface area contributed by atoms with E-state index in [1.165, 1.54) is 0 Å². The van der Waals surface area contributed by atoms with Crippen molar-refractivity contribution in [3.05, 3.63) is 11.9 Å². The van der Waals surface area contributed by atoms with Crippen LogP contribution in [0.2, 0.25) is 0 Å². The van der Waals surface area contributed by atoms with E-state index < -0.39 is 9.84 Å². The Hall–Kier alpha value is -0.960. The number of piperazine rings is 1. The number of ether oxygens (including phenoxy) is 1. The van der Waals surface area contributed by atoms with Crippen LogP contribution < -0.4 is 0 Å². The quantitative estimate of drug-likeness (QED) is 0.663. The van der Waals surface area contributed by atoms with Gasteiger partial charge in [0.1, 0.15) is 0 Å². The fourth-order valence-electron chi connectivity index (χ4n) is 3.91. The number of sulfone groups is 1. The topological polar surface area (TPSA) is 67.7 Å². The Morgan fingerprint density at radius 2 is 1.93 bits per heavy atom. The van der Waals surface area contributed by atoms with Crippen molar-refractivity contribution in [1.29, 1.82) is 0 Å². The van der Waals surface area contributed by atoms with Gasteiger partial charge in [-0.1, -0.05) is 20.8 Å². The first-order chi connectivity index (χ1) is 12.9. The van der Waals surface area contributed by atoms with Gasteiger partial charge in [-0.2, -0.15) is 0 Å². The van der Waals surface area contributed by atoms with Gasteiger partial charge in [-0.15, -0.1) is 0 Å². The van der Waals surface area contributed by atoms with E-state index in [2.05, 4.69) is 35.6 Å². The van der Waals surface area contributed by atoms with Gasteiger partial charge in [0.2, 0.25) is 15.0 Å². The number of likely N-dealkylation sites (N-methyl/N-ethyl adjacent to an activating group) is 1. The van der Waals surface area contributed by atoms with Gasteiger partial charge in [0.05, 0.1) is 23.7 Å². The van der Waals surface area contributed by atoms with E-state index in [-0.39, 0.29) is 17.0 Å². The molecule has 1 aromatic rings. The van der Waals surface area contributed by atoms with Crippen molar-refractivity contribution in [2.45, 2.75) is 58.0 Å².